The van der Waals surface area contributed by atoms with Crippen molar-refractivity contribution in [3.05, 3.63) is 51.5 Å². The average molecular weight is 451 g/mol. The summed E-state index contributed by atoms with van der Waals surface area (Å²) in [5.41, 5.74) is 1.89. The Labute approximate surface area is 169 Å². The maximum Gasteiger partial charge on any atom is 0.264 e. The number of hydrogen-bond donors (Lipinski definition) is 2. The zero-order chi connectivity index (χ0) is 19.4. The number of fused-ring (bicyclic) bond motifs is 1. The Morgan fingerprint density at radius 2 is 2.11 bits per heavy atom. The number of aromatic nitrogens is 1. The molecule has 0 saturated heterocycles. The highest BCUT2D eigenvalue weighted by atomic mass is 79.9. The third-order valence-electron chi connectivity index (χ3n) is 3.91. The summed E-state index contributed by atoms with van der Waals surface area (Å²) >= 11 is 9.28. The van der Waals surface area contributed by atoms with Gasteiger partial charge in [0, 0.05) is 21.3 Å². The number of nitrogens with zero attached hydrogens (tertiary/aromatic N) is 2. The van der Waals surface area contributed by atoms with Crippen molar-refractivity contribution in [3.63, 3.8) is 0 Å². The van der Waals surface area contributed by atoms with Crippen LogP contribution in [-0.2, 0) is 4.79 Å². The van der Waals surface area contributed by atoms with Gasteiger partial charge in [0.1, 0.15) is 5.75 Å². The van der Waals surface area contributed by atoms with Gasteiger partial charge in [-0.15, -0.1) is 10.2 Å². The van der Waals surface area contributed by atoms with Crippen LogP contribution in [0.3, 0.4) is 0 Å². The minimum Gasteiger partial charge on any atom is -0.493 e. The predicted molar refractivity (Wildman–Crippen MR) is 108 cm³/mol. The predicted octanol–water partition coefficient (Wildman–Crippen LogP) is 6.07. The lowest BCUT2D eigenvalue weighted by molar-refractivity contribution is -0.118. The molecule has 0 unspecified atom stereocenters. The van der Waals surface area contributed by atoms with Crippen molar-refractivity contribution in [3.8, 4) is 11.6 Å². The fraction of sp³-hybridized carbons (Fsp3) is 0.211. The van der Waals surface area contributed by atoms with Crippen molar-refractivity contribution in [1.29, 1.82) is 0 Å². The normalized spacial score (nSPS) is 11.4. The number of azo groups is 1. The van der Waals surface area contributed by atoms with Crippen molar-refractivity contribution in [2.24, 2.45) is 10.2 Å². The minimum atomic E-state index is -0.379. The number of aromatic hydroxyl groups is 1. The van der Waals surface area contributed by atoms with Gasteiger partial charge >= 0.3 is 0 Å². The van der Waals surface area contributed by atoms with E-state index >= 15 is 0 Å². The van der Waals surface area contributed by atoms with Crippen molar-refractivity contribution >= 4 is 50.0 Å². The van der Waals surface area contributed by atoms with Gasteiger partial charge in [0.05, 0.1) is 12.1 Å². The molecule has 0 aliphatic heterocycles. The third kappa shape index (κ3) is 4.87. The molecule has 0 atom stereocenters. The molecule has 0 bridgehead atoms. The van der Waals surface area contributed by atoms with Gasteiger partial charge in [0.2, 0.25) is 5.88 Å². The summed E-state index contributed by atoms with van der Waals surface area (Å²) < 4.78 is 6.49. The molecule has 8 heteroatoms. The number of hydrogen-bond acceptors (Lipinski definition) is 4. The van der Waals surface area contributed by atoms with Gasteiger partial charge in [-0.25, -0.2) is 0 Å². The van der Waals surface area contributed by atoms with Gasteiger partial charge in [0.15, 0.2) is 5.69 Å². The van der Waals surface area contributed by atoms with Crippen LogP contribution in [0, 0.1) is 6.92 Å². The van der Waals surface area contributed by atoms with Crippen LogP contribution in [0.2, 0.25) is 5.02 Å². The van der Waals surface area contributed by atoms with Gasteiger partial charge in [0.25, 0.3) is 5.91 Å². The van der Waals surface area contributed by atoms with Gasteiger partial charge in [-0.1, -0.05) is 27.5 Å². The fourth-order valence-corrected chi connectivity index (χ4v) is 3.16. The first-order chi connectivity index (χ1) is 12.9. The number of halogens is 2. The molecule has 3 aromatic rings. The topological polar surface area (TPSA) is 87.0 Å². The molecule has 1 heterocycles. The second-order valence-corrected chi connectivity index (χ2v) is 7.32. The molecule has 1 aromatic heterocycles. The molecule has 2 aromatic carbocycles. The zero-order valence-electron chi connectivity index (χ0n) is 14.5. The van der Waals surface area contributed by atoms with Crippen LogP contribution in [0.4, 0.5) is 5.69 Å². The summed E-state index contributed by atoms with van der Waals surface area (Å²) in [6, 6.07) is 10.8. The first kappa shape index (κ1) is 19.4. The highest BCUT2D eigenvalue weighted by Gasteiger charge is 2.11. The van der Waals surface area contributed by atoms with Crippen LogP contribution in [0.1, 0.15) is 18.4 Å². The summed E-state index contributed by atoms with van der Waals surface area (Å²) in [6.45, 7) is 2.29. The van der Waals surface area contributed by atoms with E-state index in [0.717, 1.165) is 15.8 Å². The zero-order valence-corrected chi connectivity index (χ0v) is 16.8. The Bertz CT molecular complexity index is 1020. The monoisotopic (exact) mass is 449 g/mol. The highest BCUT2D eigenvalue weighted by molar-refractivity contribution is 9.10. The van der Waals surface area contributed by atoms with E-state index in [1.54, 1.807) is 24.3 Å². The molecule has 6 nitrogen and oxygen atoms in total. The summed E-state index contributed by atoms with van der Waals surface area (Å²) in [7, 11) is 0. The lowest BCUT2D eigenvalue weighted by atomic mass is 10.2. The lowest BCUT2D eigenvalue weighted by Crippen LogP contribution is -2.02. The van der Waals surface area contributed by atoms with Crippen LogP contribution in [0.25, 0.3) is 10.9 Å². The van der Waals surface area contributed by atoms with Gasteiger partial charge in [-0.2, -0.15) is 0 Å². The van der Waals surface area contributed by atoms with Crippen LogP contribution >= 0.6 is 27.5 Å². The number of aromatic amines is 1. The summed E-state index contributed by atoms with van der Waals surface area (Å²) in [4.78, 5) is 14.7. The fourth-order valence-electron chi connectivity index (χ4n) is 2.57. The first-order valence-corrected chi connectivity index (χ1v) is 9.45. The average Bonchev–Trinajstić information content (AvgIpc) is 2.93. The molecule has 140 valence electrons. The van der Waals surface area contributed by atoms with E-state index in [0.29, 0.717) is 29.0 Å². The largest absolute Gasteiger partial charge is 0.493 e. The Morgan fingerprint density at radius 3 is 2.89 bits per heavy atom. The van der Waals surface area contributed by atoms with Crippen molar-refractivity contribution < 1.29 is 14.6 Å². The van der Waals surface area contributed by atoms with Crippen LogP contribution in [0.15, 0.2) is 51.1 Å². The summed E-state index contributed by atoms with van der Waals surface area (Å²) in [5.74, 6) is 0.235. The SMILES string of the molecule is Cc1cc(Cl)ccc1OCCCC(=O)N=Nc1c(O)[nH]c2ccc(Br)cc12. The second kappa shape index (κ2) is 8.54. The van der Waals surface area contributed by atoms with Gasteiger partial charge in [-0.3, -0.25) is 4.79 Å². The molecule has 27 heavy (non-hydrogen) atoms. The van der Waals surface area contributed by atoms with Crippen molar-refractivity contribution in [2.45, 2.75) is 19.8 Å². The quantitative estimate of drug-likeness (QED) is 0.353. The highest BCUT2D eigenvalue weighted by Crippen LogP contribution is 2.36. The van der Waals surface area contributed by atoms with Crippen LogP contribution < -0.4 is 4.74 Å². The van der Waals surface area contributed by atoms with Crippen molar-refractivity contribution in [1.82, 2.24) is 4.98 Å². The number of H-pyrrole nitrogens is 1. The maximum absolute atomic E-state index is 11.9. The maximum atomic E-state index is 11.9. The van der Waals surface area contributed by atoms with E-state index in [1.807, 2.05) is 19.1 Å². The minimum absolute atomic E-state index is 0.124. The number of carbonyl (C=O) groups excluding carboxylic acids is 1. The molecule has 0 saturated carbocycles. The van der Waals surface area contributed by atoms with E-state index in [-0.39, 0.29) is 23.9 Å². The molecule has 0 aliphatic carbocycles. The summed E-state index contributed by atoms with van der Waals surface area (Å²) in [6.07, 6.45) is 0.703. The smallest absolute Gasteiger partial charge is 0.264 e. The van der Waals surface area contributed by atoms with E-state index in [4.69, 9.17) is 16.3 Å². The molecule has 0 fully saturated rings. The Kier molecular flexibility index (Phi) is 6.13. The van der Waals surface area contributed by atoms with Crippen molar-refractivity contribution in [2.75, 3.05) is 6.61 Å². The van der Waals surface area contributed by atoms with E-state index in [2.05, 4.69) is 31.1 Å². The number of benzene rings is 2. The Balaban J connectivity index is 1.55. The second-order valence-electron chi connectivity index (χ2n) is 5.97. The molecular formula is C19H17BrClN3O3. The molecular weight excluding hydrogens is 434 g/mol. The summed E-state index contributed by atoms with van der Waals surface area (Å²) in [5, 5.41) is 18.9. The first-order valence-electron chi connectivity index (χ1n) is 8.28. The molecule has 0 radical (unpaired) electrons. The molecule has 1 amide bonds. The van der Waals surface area contributed by atoms with Gasteiger partial charge < -0.3 is 14.8 Å². The standard InChI is InChI=1S/C19H17BrClN3O3/c1-11-9-13(21)5-7-16(11)27-8-2-3-17(25)23-24-18-14-10-12(20)4-6-15(14)22-19(18)26/h4-7,9-10,22,26H,2-3,8H2,1H3. The van der Waals surface area contributed by atoms with Crippen LogP contribution in [0.5, 0.6) is 11.6 Å². The van der Waals surface area contributed by atoms with E-state index in [1.165, 1.54) is 0 Å². The van der Waals surface area contributed by atoms with E-state index in [9.17, 15) is 9.90 Å². The Hall–Kier alpha value is -2.38. The number of aryl methyl sites for hydroxylation is 1. The number of carbonyl (C=O) groups is 1. The third-order valence-corrected chi connectivity index (χ3v) is 4.63. The molecule has 3 rings (SSSR count). The number of rotatable bonds is 6. The Morgan fingerprint density at radius 1 is 1.30 bits per heavy atom. The number of ether oxygens (including phenoxy) is 1. The lowest BCUT2D eigenvalue weighted by Gasteiger charge is -2.08. The number of amides is 1. The van der Waals surface area contributed by atoms with E-state index < -0.39 is 0 Å². The van der Waals surface area contributed by atoms with Gasteiger partial charge in [-0.05, 0) is 55.3 Å². The molecule has 0 spiro atoms. The van der Waals surface area contributed by atoms with Crippen LogP contribution in [-0.4, -0.2) is 22.6 Å². The number of nitrogens with one attached hydrogen (secondary N) is 1. The molecule has 2 N–H and O–H groups in total. The molecule has 0 aliphatic rings.